The normalized spacial score (nSPS) is 10.9. The number of ketones is 1. The molecule has 0 saturated heterocycles. The van der Waals surface area contributed by atoms with E-state index < -0.39 is 0 Å². The number of Topliss-reactive ketones (excluding diaryl/α,β-unsaturated/α-hetero) is 1. The highest BCUT2D eigenvalue weighted by Gasteiger charge is 1.95. The van der Waals surface area contributed by atoms with E-state index in [0.29, 0.717) is 11.8 Å². The summed E-state index contributed by atoms with van der Waals surface area (Å²) in [7, 11) is 0. The van der Waals surface area contributed by atoms with Gasteiger partial charge in [-0.15, -0.1) is 0 Å². The summed E-state index contributed by atoms with van der Waals surface area (Å²) in [5, 5.41) is 3.42. The van der Waals surface area contributed by atoms with E-state index >= 15 is 0 Å². The van der Waals surface area contributed by atoms with Gasteiger partial charge in [-0.05, 0) is 26.3 Å². The van der Waals surface area contributed by atoms with Crippen molar-refractivity contribution in [2.24, 2.45) is 0 Å². The largest absolute Gasteiger partial charge is 0.315 e. The molecule has 15 heavy (non-hydrogen) atoms. The van der Waals surface area contributed by atoms with Gasteiger partial charge in [-0.25, -0.2) is 0 Å². The van der Waals surface area contributed by atoms with Gasteiger partial charge in [-0.2, -0.15) is 0 Å². The average molecular weight is 213 g/mol. The van der Waals surface area contributed by atoms with Crippen molar-refractivity contribution in [2.45, 2.75) is 71.8 Å². The summed E-state index contributed by atoms with van der Waals surface area (Å²) >= 11 is 0. The third kappa shape index (κ3) is 13.6. The van der Waals surface area contributed by atoms with E-state index in [1.165, 1.54) is 32.1 Å². The molecule has 0 rings (SSSR count). The Balaban J connectivity index is 2.96. The monoisotopic (exact) mass is 213 g/mol. The van der Waals surface area contributed by atoms with E-state index in [-0.39, 0.29) is 0 Å². The molecular formula is C13H27NO. The first-order valence-corrected chi connectivity index (χ1v) is 6.35. The van der Waals surface area contributed by atoms with Crippen molar-refractivity contribution in [2.75, 3.05) is 6.54 Å². The van der Waals surface area contributed by atoms with Gasteiger partial charge in [-0.1, -0.05) is 39.5 Å². The molecule has 0 heterocycles. The Hall–Kier alpha value is -0.370. The van der Waals surface area contributed by atoms with Gasteiger partial charge in [-0.3, -0.25) is 0 Å². The van der Waals surface area contributed by atoms with Gasteiger partial charge in [0.1, 0.15) is 5.78 Å². The topological polar surface area (TPSA) is 29.1 Å². The smallest absolute Gasteiger partial charge is 0.129 e. The van der Waals surface area contributed by atoms with Crippen molar-refractivity contribution in [3.63, 3.8) is 0 Å². The van der Waals surface area contributed by atoms with Gasteiger partial charge in [0.2, 0.25) is 0 Å². The minimum Gasteiger partial charge on any atom is -0.315 e. The molecule has 0 aromatic carbocycles. The minimum absolute atomic E-state index is 0.330. The fourth-order valence-corrected chi connectivity index (χ4v) is 1.60. The molecule has 0 aliphatic carbocycles. The van der Waals surface area contributed by atoms with Crippen LogP contribution in [0.4, 0.5) is 0 Å². The molecule has 1 N–H and O–H groups in total. The first kappa shape index (κ1) is 14.6. The average Bonchev–Trinajstić information content (AvgIpc) is 2.14. The van der Waals surface area contributed by atoms with Gasteiger partial charge < -0.3 is 10.1 Å². The standard InChI is InChI=1S/C13H27NO/c1-12(2)14-11-9-7-5-4-6-8-10-13(3)15/h12,14H,4-11H2,1-3H3. The number of hydrogen-bond donors (Lipinski definition) is 1. The highest BCUT2D eigenvalue weighted by molar-refractivity contribution is 5.75. The van der Waals surface area contributed by atoms with Crippen LogP contribution < -0.4 is 5.32 Å². The maximum absolute atomic E-state index is 10.7. The predicted molar refractivity (Wildman–Crippen MR) is 66.1 cm³/mol. The fraction of sp³-hybridized carbons (Fsp3) is 0.923. The van der Waals surface area contributed by atoms with Crippen molar-refractivity contribution in [1.29, 1.82) is 0 Å². The molecule has 2 nitrogen and oxygen atoms in total. The first-order valence-electron chi connectivity index (χ1n) is 6.35. The van der Waals surface area contributed by atoms with E-state index in [1.54, 1.807) is 6.92 Å². The molecule has 0 spiro atoms. The van der Waals surface area contributed by atoms with E-state index in [9.17, 15) is 4.79 Å². The Bertz CT molecular complexity index is 155. The summed E-state index contributed by atoms with van der Waals surface area (Å²) in [4.78, 5) is 10.7. The molecule has 90 valence electrons. The Morgan fingerprint density at radius 3 is 2.07 bits per heavy atom. The Labute approximate surface area is 94.8 Å². The molecule has 0 saturated carbocycles. The minimum atomic E-state index is 0.330. The summed E-state index contributed by atoms with van der Waals surface area (Å²) in [6, 6.07) is 0.612. The summed E-state index contributed by atoms with van der Waals surface area (Å²) in [5.41, 5.74) is 0. The quantitative estimate of drug-likeness (QED) is 0.564. The van der Waals surface area contributed by atoms with Crippen LogP contribution in [0.3, 0.4) is 0 Å². The van der Waals surface area contributed by atoms with Crippen LogP contribution in [-0.2, 0) is 4.79 Å². The molecule has 0 amide bonds. The van der Waals surface area contributed by atoms with Crippen LogP contribution in [0.2, 0.25) is 0 Å². The van der Waals surface area contributed by atoms with Gasteiger partial charge in [0.15, 0.2) is 0 Å². The zero-order valence-electron chi connectivity index (χ0n) is 10.6. The number of carbonyl (C=O) groups excluding carboxylic acids is 1. The molecule has 0 aliphatic heterocycles. The van der Waals surface area contributed by atoms with Gasteiger partial charge >= 0.3 is 0 Å². The van der Waals surface area contributed by atoms with E-state index in [0.717, 1.165) is 19.4 Å². The van der Waals surface area contributed by atoms with E-state index in [4.69, 9.17) is 0 Å². The second-order valence-corrected chi connectivity index (χ2v) is 4.68. The Morgan fingerprint density at radius 1 is 1.00 bits per heavy atom. The zero-order valence-corrected chi connectivity index (χ0v) is 10.6. The second kappa shape index (κ2) is 10.2. The molecule has 0 fully saturated rings. The Kier molecular flexibility index (Phi) is 9.91. The summed E-state index contributed by atoms with van der Waals surface area (Å²) in [5.74, 6) is 0.330. The van der Waals surface area contributed by atoms with Crippen LogP contribution >= 0.6 is 0 Å². The second-order valence-electron chi connectivity index (χ2n) is 4.68. The number of rotatable bonds is 10. The number of unbranched alkanes of at least 4 members (excludes halogenated alkanes) is 5. The van der Waals surface area contributed by atoms with Crippen molar-refractivity contribution in [1.82, 2.24) is 5.32 Å². The lowest BCUT2D eigenvalue weighted by molar-refractivity contribution is -0.117. The van der Waals surface area contributed by atoms with Crippen LogP contribution in [-0.4, -0.2) is 18.4 Å². The molecule has 0 radical (unpaired) electrons. The lowest BCUT2D eigenvalue weighted by Crippen LogP contribution is -2.23. The molecular weight excluding hydrogens is 186 g/mol. The SMILES string of the molecule is CC(=O)CCCCCCCCNC(C)C. The first-order chi connectivity index (χ1) is 7.13. The third-order valence-corrected chi connectivity index (χ3v) is 2.51. The van der Waals surface area contributed by atoms with Crippen LogP contribution in [0, 0.1) is 0 Å². The lowest BCUT2D eigenvalue weighted by Gasteiger charge is -2.07. The molecule has 0 unspecified atom stereocenters. The molecule has 0 aliphatic rings. The summed E-state index contributed by atoms with van der Waals surface area (Å²) in [6.07, 6.45) is 8.28. The summed E-state index contributed by atoms with van der Waals surface area (Å²) in [6.45, 7) is 7.19. The van der Waals surface area contributed by atoms with Crippen LogP contribution in [0.25, 0.3) is 0 Å². The lowest BCUT2D eigenvalue weighted by atomic mass is 10.1. The van der Waals surface area contributed by atoms with E-state index in [1.807, 2.05) is 0 Å². The van der Waals surface area contributed by atoms with Crippen molar-refractivity contribution >= 4 is 5.78 Å². The van der Waals surface area contributed by atoms with Crippen molar-refractivity contribution < 1.29 is 4.79 Å². The van der Waals surface area contributed by atoms with E-state index in [2.05, 4.69) is 19.2 Å². The van der Waals surface area contributed by atoms with Crippen LogP contribution in [0.15, 0.2) is 0 Å². The molecule has 0 aromatic heterocycles. The summed E-state index contributed by atoms with van der Waals surface area (Å²) < 4.78 is 0. The molecule has 0 atom stereocenters. The van der Waals surface area contributed by atoms with Gasteiger partial charge in [0.05, 0.1) is 0 Å². The molecule has 2 heteroatoms. The maximum atomic E-state index is 10.7. The van der Waals surface area contributed by atoms with Crippen molar-refractivity contribution in [3.8, 4) is 0 Å². The fourth-order valence-electron chi connectivity index (χ4n) is 1.60. The third-order valence-electron chi connectivity index (χ3n) is 2.51. The van der Waals surface area contributed by atoms with Crippen LogP contribution in [0.1, 0.15) is 65.7 Å². The number of hydrogen-bond acceptors (Lipinski definition) is 2. The van der Waals surface area contributed by atoms with Crippen molar-refractivity contribution in [3.05, 3.63) is 0 Å². The highest BCUT2D eigenvalue weighted by Crippen LogP contribution is 2.07. The highest BCUT2D eigenvalue weighted by atomic mass is 16.1. The maximum Gasteiger partial charge on any atom is 0.129 e. The Morgan fingerprint density at radius 2 is 1.53 bits per heavy atom. The van der Waals surface area contributed by atoms with Crippen LogP contribution in [0.5, 0.6) is 0 Å². The number of nitrogens with one attached hydrogen (secondary N) is 1. The molecule has 0 aromatic rings. The van der Waals surface area contributed by atoms with Gasteiger partial charge in [0, 0.05) is 12.5 Å². The van der Waals surface area contributed by atoms with Gasteiger partial charge in [0.25, 0.3) is 0 Å². The molecule has 0 bridgehead atoms. The number of carbonyl (C=O) groups is 1. The predicted octanol–water partition coefficient (Wildman–Crippen LogP) is 3.30. The zero-order chi connectivity index (χ0) is 11.5.